The smallest absolute Gasteiger partial charge is 0.340 e. The second-order valence-electron chi connectivity index (χ2n) is 6.31. The van der Waals surface area contributed by atoms with Gasteiger partial charge in [-0.1, -0.05) is 0 Å². The fourth-order valence-electron chi connectivity index (χ4n) is 2.70. The third-order valence-corrected chi connectivity index (χ3v) is 4.31. The Hall–Kier alpha value is -4.21. The molecule has 0 saturated heterocycles. The van der Waals surface area contributed by atoms with Gasteiger partial charge in [0.1, 0.15) is 0 Å². The van der Waals surface area contributed by atoms with Gasteiger partial charge in [-0.05, 0) is 30.3 Å². The first-order valence-electron chi connectivity index (χ1n) is 9.10. The van der Waals surface area contributed by atoms with Gasteiger partial charge < -0.3 is 23.9 Å². The minimum Gasteiger partial charge on any atom is -0.493 e. The van der Waals surface area contributed by atoms with Crippen molar-refractivity contribution in [1.29, 1.82) is 0 Å². The third kappa shape index (κ3) is 4.91. The maximum absolute atomic E-state index is 13.3. The topological polar surface area (TPSA) is 104 Å². The van der Waals surface area contributed by atoms with Gasteiger partial charge in [0.25, 0.3) is 5.91 Å². The number of rotatable bonds is 8. The Morgan fingerprint density at radius 2 is 1.69 bits per heavy atom. The second kappa shape index (κ2) is 9.73. The Kier molecular flexibility index (Phi) is 6.83. The summed E-state index contributed by atoms with van der Waals surface area (Å²) < 4.78 is 46.8. The van der Waals surface area contributed by atoms with E-state index in [1.807, 2.05) is 0 Å². The highest BCUT2D eigenvalue weighted by molar-refractivity contribution is 6.07. The average Bonchev–Trinajstić information content (AvgIpc) is 3.34. The summed E-state index contributed by atoms with van der Waals surface area (Å²) in [5, 5.41) is 2.51. The summed E-state index contributed by atoms with van der Waals surface area (Å²) in [5.41, 5.74) is -0.301. The number of halogens is 2. The SMILES string of the molecule is COc1cc(NC(=O)c2ccco2)c(C(=O)OCC(=O)c2ccc(F)c(F)c2)cc1OC. The van der Waals surface area contributed by atoms with E-state index in [2.05, 4.69) is 5.32 Å². The number of nitrogens with one attached hydrogen (secondary N) is 1. The zero-order chi connectivity index (χ0) is 23.3. The first kappa shape index (κ1) is 22.5. The minimum absolute atomic E-state index is 0.00684. The standard InChI is InChI=1S/C22H17F2NO7/c1-29-19-9-13(16(10-20(19)30-2)25-21(27)18-4-3-7-31-18)22(28)32-11-17(26)12-5-6-14(23)15(24)8-12/h3-10H,11H2,1-2H3,(H,25,27). The molecule has 8 nitrogen and oxygen atoms in total. The van der Waals surface area contributed by atoms with Gasteiger partial charge in [-0.25, -0.2) is 13.6 Å². The molecule has 1 aromatic heterocycles. The van der Waals surface area contributed by atoms with E-state index >= 15 is 0 Å². The number of hydrogen-bond acceptors (Lipinski definition) is 7. The zero-order valence-corrected chi connectivity index (χ0v) is 16.9. The normalized spacial score (nSPS) is 10.4. The lowest BCUT2D eigenvalue weighted by Gasteiger charge is -2.15. The summed E-state index contributed by atoms with van der Waals surface area (Å²) in [6.45, 7) is -0.746. The van der Waals surface area contributed by atoms with Crippen LogP contribution < -0.4 is 14.8 Å². The summed E-state index contributed by atoms with van der Waals surface area (Å²) in [5.74, 6) is -4.30. The van der Waals surface area contributed by atoms with Crippen LogP contribution in [0.4, 0.5) is 14.5 Å². The molecule has 0 spiro atoms. The average molecular weight is 445 g/mol. The molecule has 0 fully saturated rings. The monoisotopic (exact) mass is 445 g/mol. The number of benzene rings is 2. The van der Waals surface area contributed by atoms with E-state index in [0.717, 1.165) is 12.1 Å². The number of ether oxygens (including phenoxy) is 3. The number of carbonyl (C=O) groups excluding carboxylic acids is 3. The van der Waals surface area contributed by atoms with E-state index in [1.54, 1.807) is 0 Å². The van der Waals surface area contributed by atoms with Crippen LogP contribution in [0, 0.1) is 11.6 Å². The van der Waals surface area contributed by atoms with Crippen LogP contribution in [0.5, 0.6) is 11.5 Å². The molecule has 1 N–H and O–H groups in total. The molecule has 2 aromatic carbocycles. The lowest BCUT2D eigenvalue weighted by molar-refractivity contribution is 0.0475. The molecule has 166 valence electrons. The number of Topliss-reactive ketones (excluding diaryl/α,β-unsaturated/α-hetero) is 1. The first-order chi connectivity index (χ1) is 15.3. The molecule has 0 unspecified atom stereocenters. The number of esters is 1. The van der Waals surface area contributed by atoms with Crippen molar-refractivity contribution in [1.82, 2.24) is 0 Å². The molecule has 0 aliphatic heterocycles. The van der Waals surface area contributed by atoms with E-state index in [-0.39, 0.29) is 34.1 Å². The molecule has 3 rings (SSSR count). The van der Waals surface area contributed by atoms with Crippen molar-refractivity contribution in [3.63, 3.8) is 0 Å². The lowest BCUT2D eigenvalue weighted by atomic mass is 10.1. The largest absolute Gasteiger partial charge is 0.493 e. The van der Waals surface area contributed by atoms with Crippen molar-refractivity contribution in [2.75, 3.05) is 26.1 Å². The van der Waals surface area contributed by atoms with Crippen LogP contribution in [-0.2, 0) is 4.74 Å². The third-order valence-electron chi connectivity index (χ3n) is 4.31. The van der Waals surface area contributed by atoms with E-state index in [4.69, 9.17) is 18.6 Å². The van der Waals surface area contributed by atoms with Crippen LogP contribution in [0.15, 0.2) is 53.1 Å². The number of amides is 1. The molecule has 0 radical (unpaired) electrons. The van der Waals surface area contributed by atoms with Crippen LogP contribution in [0.3, 0.4) is 0 Å². The second-order valence-corrected chi connectivity index (χ2v) is 6.31. The molecule has 1 heterocycles. The summed E-state index contributed by atoms with van der Waals surface area (Å²) in [7, 11) is 2.72. The molecule has 0 saturated carbocycles. The van der Waals surface area contributed by atoms with E-state index in [9.17, 15) is 23.2 Å². The highest BCUT2D eigenvalue weighted by Crippen LogP contribution is 2.34. The molecule has 32 heavy (non-hydrogen) atoms. The molecular formula is C22H17F2NO7. The van der Waals surface area contributed by atoms with Gasteiger partial charge in [0.05, 0.1) is 31.7 Å². The van der Waals surface area contributed by atoms with E-state index < -0.39 is 35.9 Å². The number of furan rings is 1. The maximum Gasteiger partial charge on any atom is 0.340 e. The van der Waals surface area contributed by atoms with Gasteiger partial charge in [-0.15, -0.1) is 0 Å². The molecule has 0 bridgehead atoms. The predicted octanol–water partition coefficient (Wildman–Crippen LogP) is 3.87. The molecule has 10 heteroatoms. The summed E-state index contributed by atoms with van der Waals surface area (Å²) in [6, 6.07) is 8.11. The van der Waals surface area contributed by atoms with Gasteiger partial charge in [-0.2, -0.15) is 0 Å². The van der Waals surface area contributed by atoms with Gasteiger partial charge in [-0.3, -0.25) is 9.59 Å². The first-order valence-corrected chi connectivity index (χ1v) is 9.10. The molecule has 3 aromatic rings. The van der Waals surface area contributed by atoms with Crippen molar-refractivity contribution in [2.45, 2.75) is 0 Å². The quantitative estimate of drug-likeness (QED) is 0.415. The summed E-state index contributed by atoms with van der Waals surface area (Å²) in [4.78, 5) is 37.2. The molecule has 0 atom stereocenters. The highest BCUT2D eigenvalue weighted by atomic mass is 19.2. The summed E-state index contributed by atoms with van der Waals surface area (Å²) in [6.07, 6.45) is 1.31. The number of ketones is 1. The van der Waals surface area contributed by atoms with E-state index in [0.29, 0.717) is 6.07 Å². The van der Waals surface area contributed by atoms with Crippen LogP contribution >= 0.6 is 0 Å². The van der Waals surface area contributed by atoms with Crippen molar-refractivity contribution < 1.29 is 41.8 Å². The summed E-state index contributed by atoms with van der Waals surface area (Å²) >= 11 is 0. The van der Waals surface area contributed by atoms with Crippen LogP contribution in [0.25, 0.3) is 0 Å². The fraction of sp³-hybridized carbons (Fsp3) is 0.136. The predicted molar refractivity (Wildman–Crippen MR) is 107 cm³/mol. The number of methoxy groups -OCH3 is 2. The maximum atomic E-state index is 13.3. The molecular weight excluding hydrogens is 428 g/mol. The van der Waals surface area contributed by atoms with Crippen molar-refractivity contribution in [2.24, 2.45) is 0 Å². The van der Waals surface area contributed by atoms with Gasteiger partial charge >= 0.3 is 5.97 Å². The van der Waals surface area contributed by atoms with Crippen molar-refractivity contribution in [3.05, 3.63) is 77.2 Å². The Morgan fingerprint density at radius 1 is 0.969 bits per heavy atom. The van der Waals surface area contributed by atoms with Crippen LogP contribution in [0.2, 0.25) is 0 Å². The Morgan fingerprint density at radius 3 is 2.31 bits per heavy atom. The van der Waals surface area contributed by atoms with Gasteiger partial charge in [0.2, 0.25) is 0 Å². The van der Waals surface area contributed by atoms with E-state index in [1.165, 1.54) is 44.7 Å². The Bertz CT molecular complexity index is 1160. The van der Waals surface area contributed by atoms with Crippen molar-refractivity contribution in [3.8, 4) is 11.5 Å². The number of anilines is 1. The van der Waals surface area contributed by atoms with Crippen LogP contribution in [-0.4, -0.2) is 38.5 Å². The molecule has 0 aliphatic rings. The molecule has 0 aliphatic carbocycles. The number of hydrogen-bond donors (Lipinski definition) is 1. The molecule has 1 amide bonds. The Balaban J connectivity index is 1.83. The minimum atomic E-state index is -1.20. The lowest BCUT2D eigenvalue weighted by Crippen LogP contribution is -2.18. The Labute approximate surface area is 180 Å². The van der Waals surface area contributed by atoms with Gasteiger partial charge in [0.15, 0.2) is 41.3 Å². The fourth-order valence-corrected chi connectivity index (χ4v) is 2.70. The van der Waals surface area contributed by atoms with Crippen molar-refractivity contribution >= 4 is 23.3 Å². The van der Waals surface area contributed by atoms with Gasteiger partial charge in [0, 0.05) is 17.7 Å². The zero-order valence-electron chi connectivity index (χ0n) is 16.9. The number of carbonyl (C=O) groups is 3. The van der Waals surface area contributed by atoms with Crippen LogP contribution in [0.1, 0.15) is 31.3 Å². The highest BCUT2D eigenvalue weighted by Gasteiger charge is 2.22.